The molecule has 0 spiro atoms. The minimum absolute atomic E-state index is 0.168. The lowest BCUT2D eigenvalue weighted by Crippen LogP contribution is -2.56. The summed E-state index contributed by atoms with van der Waals surface area (Å²) in [5, 5.41) is 14.9. The Morgan fingerprint density at radius 2 is 1.55 bits per heavy atom. The molecule has 2 amide bonds. The van der Waals surface area contributed by atoms with Crippen LogP contribution in [0.1, 0.15) is 64.7 Å². The molecule has 0 aromatic carbocycles. The predicted octanol–water partition coefficient (Wildman–Crippen LogP) is 2.65. The number of aliphatic carboxylic acids is 1. The van der Waals surface area contributed by atoms with Crippen LogP contribution in [0.25, 0.3) is 0 Å². The van der Waals surface area contributed by atoms with E-state index in [1.165, 1.54) is 19.3 Å². The van der Waals surface area contributed by atoms with Gasteiger partial charge in [-0.05, 0) is 31.1 Å². The SMILES string of the molecule is CC1(CNC(=O)NC2(C(=O)O)CCCC2)CCCCC1. The number of carboxylic acid groups (broad SMARTS) is 1. The van der Waals surface area contributed by atoms with Gasteiger partial charge in [0.1, 0.15) is 5.54 Å². The van der Waals surface area contributed by atoms with Gasteiger partial charge in [0.15, 0.2) is 0 Å². The van der Waals surface area contributed by atoms with Gasteiger partial charge in [-0.15, -0.1) is 0 Å². The molecule has 0 aromatic rings. The molecular formula is C15H26N2O3. The molecule has 2 rings (SSSR count). The maximum absolute atomic E-state index is 12.0. The maximum Gasteiger partial charge on any atom is 0.329 e. The maximum atomic E-state index is 12.0. The van der Waals surface area contributed by atoms with Crippen molar-refractivity contribution in [2.75, 3.05) is 6.54 Å². The molecule has 5 heteroatoms. The molecule has 0 bridgehead atoms. The Labute approximate surface area is 120 Å². The molecule has 0 saturated heterocycles. The zero-order valence-electron chi connectivity index (χ0n) is 12.3. The topological polar surface area (TPSA) is 78.4 Å². The van der Waals surface area contributed by atoms with E-state index in [0.29, 0.717) is 19.4 Å². The first-order chi connectivity index (χ1) is 9.46. The van der Waals surface area contributed by atoms with E-state index in [2.05, 4.69) is 17.6 Å². The number of hydrogen-bond donors (Lipinski definition) is 3. The second-order valence-electron chi connectivity index (χ2n) is 6.77. The lowest BCUT2D eigenvalue weighted by atomic mass is 9.76. The van der Waals surface area contributed by atoms with Crippen molar-refractivity contribution in [1.82, 2.24) is 10.6 Å². The van der Waals surface area contributed by atoms with Gasteiger partial charge in [0.05, 0.1) is 0 Å². The largest absolute Gasteiger partial charge is 0.480 e. The molecule has 2 aliphatic rings. The molecule has 0 atom stereocenters. The molecule has 0 aromatic heterocycles. The highest BCUT2D eigenvalue weighted by Gasteiger charge is 2.42. The lowest BCUT2D eigenvalue weighted by Gasteiger charge is -2.34. The number of urea groups is 1. The molecule has 114 valence electrons. The highest BCUT2D eigenvalue weighted by atomic mass is 16.4. The van der Waals surface area contributed by atoms with Crippen molar-refractivity contribution in [3.8, 4) is 0 Å². The standard InChI is InChI=1S/C15H26N2O3/c1-14(7-3-2-4-8-14)11-16-13(20)17-15(12(18)19)9-5-6-10-15/h2-11H2,1H3,(H,18,19)(H2,16,17,20). The summed E-state index contributed by atoms with van der Waals surface area (Å²) >= 11 is 0. The van der Waals surface area contributed by atoms with Crippen LogP contribution in [-0.2, 0) is 4.79 Å². The minimum atomic E-state index is -1.04. The van der Waals surface area contributed by atoms with Gasteiger partial charge in [0.25, 0.3) is 0 Å². The summed E-state index contributed by atoms with van der Waals surface area (Å²) in [6.07, 6.45) is 8.80. The Kier molecular flexibility index (Phi) is 4.55. The normalized spacial score (nSPS) is 24.1. The average molecular weight is 282 g/mol. The van der Waals surface area contributed by atoms with Crippen LogP contribution in [0.15, 0.2) is 0 Å². The van der Waals surface area contributed by atoms with Crippen molar-refractivity contribution in [2.24, 2.45) is 5.41 Å². The monoisotopic (exact) mass is 282 g/mol. The first-order valence-corrected chi connectivity index (χ1v) is 7.75. The Hall–Kier alpha value is -1.26. The summed E-state index contributed by atoms with van der Waals surface area (Å²) in [6, 6.07) is -0.332. The summed E-state index contributed by atoms with van der Waals surface area (Å²) < 4.78 is 0. The van der Waals surface area contributed by atoms with Crippen molar-refractivity contribution in [2.45, 2.75) is 70.3 Å². The Morgan fingerprint density at radius 1 is 1.00 bits per heavy atom. The fraction of sp³-hybridized carbons (Fsp3) is 0.867. The second-order valence-corrected chi connectivity index (χ2v) is 6.77. The van der Waals surface area contributed by atoms with Crippen molar-refractivity contribution >= 4 is 12.0 Å². The smallest absolute Gasteiger partial charge is 0.329 e. The first-order valence-electron chi connectivity index (χ1n) is 7.75. The number of rotatable bonds is 4. The highest BCUT2D eigenvalue weighted by Crippen LogP contribution is 2.35. The van der Waals surface area contributed by atoms with Crippen molar-refractivity contribution < 1.29 is 14.7 Å². The minimum Gasteiger partial charge on any atom is -0.480 e. The summed E-state index contributed by atoms with van der Waals surface area (Å²) in [5.74, 6) is -0.908. The summed E-state index contributed by atoms with van der Waals surface area (Å²) in [6.45, 7) is 2.84. The molecule has 5 nitrogen and oxygen atoms in total. The zero-order chi connectivity index (χ0) is 14.6. The number of nitrogens with one attached hydrogen (secondary N) is 2. The van der Waals surface area contributed by atoms with Gasteiger partial charge >= 0.3 is 12.0 Å². The van der Waals surface area contributed by atoms with Crippen LogP contribution in [-0.4, -0.2) is 29.2 Å². The van der Waals surface area contributed by atoms with Crippen LogP contribution in [0, 0.1) is 5.41 Å². The van der Waals surface area contributed by atoms with Crippen LogP contribution in [0.4, 0.5) is 4.79 Å². The van der Waals surface area contributed by atoms with E-state index in [-0.39, 0.29) is 11.4 Å². The predicted molar refractivity (Wildman–Crippen MR) is 76.6 cm³/mol. The fourth-order valence-electron chi connectivity index (χ4n) is 3.51. The van der Waals surface area contributed by atoms with Crippen molar-refractivity contribution in [1.29, 1.82) is 0 Å². The molecule has 3 N–H and O–H groups in total. The number of carbonyl (C=O) groups excluding carboxylic acids is 1. The van der Waals surface area contributed by atoms with E-state index < -0.39 is 11.5 Å². The first kappa shape index (κ1) is 15.1. The summed E-state index contributed by atoms with van der Waals surface area (Å²) in [4.78, 5) is 23.4. The van der Waals surface area contributed by atoms with Crippen molar-refractivity contribution in [3.05, 3.63) is 0 Å². The van der Waals surface area contributed by atoms with Gasteiger partial charge in [0.2, 0.25) is 0 Å². The second kappa shape index (κ2) is 6.02. The molecular weight excluding hydrogens is 256 g/mol. The van der Waals surface area contributed by atoms with E-state index in [9.17, 15) is 14.7 Å². The Bertz CT molecular complexity index is 369. The van der Waals surface area contributed by atoms with Gasteiger partial charge < -0.3 is 15.7 Å². The Balaban J connectivity index is 1.84. The number of carbonyl (C=O) groups is 2. The molecule has 2 saturated carbocycles. The van der Waals surface area contributed by atoms with E-state index in [0.717, 1.165) is 25.7 Å². The molecule has 0 heterocycles. The third kappa shape index (κ3) is 3.44. The van der Waals surface area contributed by atoms with Crippen LogP contribution in [0.5, 0.6) is 0 Å². The van der Waals surface area contributed by atoms with Gasteiger partial charge in [0, 0.05) is 6.54 Å². The molecule has 0 unspecified atom stereocenters. The quantitative estimate of drug-likeness (QED) is 0.741. The lowest BCUT2D eigenvalue weighted by molar-refractivity contribution is -0.144. The molecule has 20 heavy (non-hydrogen) atoms. The number of carboxylic acids is 1. The van der Waals surface area contributed by atoms with Gasteiger partial charge in [-0.2, -0.15) is 0 Å². The Morgan fingerprint density at radius 3 is 2.10 bits per heavy atom. The van der Waals surface area contributed by atoms with Crippen LogP contribution in [0.3, 0.4) is 0 Å². The van der Waals surface area contributed by atoms with E-state index in [4.69, 9.17) is 0 Å². The third-order valence-electron chi connectivity index (χ3n) is 4.96. The third-order valence-corrected chi connectivity index (χ3v) is 4.96. The van der Waals surface area contributed by atoms with Crippen LogP contribution in [0.2, 0.25) is 0 Å². The molecule has 2 fully saturated rings. The van der Waals surface area contributed by atoms with E-state index in [1.54, 1.807) is 0 Å². The van der Waals surface area contributed by atoms with E-state index >= 15 is 0 Å². The van der Waals surface area contributed by atoms with Gasteiger partial charge in [-0.1, -0.05) is 39.0 Å². The van der Waals surface area contributed by atoms with Crippen LogP contribution < -0.4 is 10.6 Å². The average Bonchev–Trinajstić information content (AvgIpc) is 2.87. The molecule has 2 aliphatic carbocycles. The van der Waals surface area contributed by atoms with Gasteiger partial charge in [-0.25, -0.2) is 9.59 Å². The van der Waals surface area contributed by atoms with E-state index in [1.807, 2.05) is 0 Å². The number of hydrogen-bond acceptors (Lipinski definition) is 2. The van der Waals surface area contributed by atoms with Crippen molar-refractivity contribution in [3.63, 3.8) is 0 Å². The van der Waals surface area contributed by atoms with Gasteiger partial charge in [-0.3, -0.25) is 0 Å². The molecule has 0 radical (unpaired) electrons. The highest BCUT2D eigenvalue weighted by molar-refractivity contribution is 5.86. The number of amides is 2. The summed E-state index contributed by atoms with van der Waals surface area (Å²) in [5.41, 5.74) is -0.876. The molecule has 0 aliphatic heterocycles. The summed E-state index contributed by atoms with van der Waals surface area (Å²) in [7, 11) is 0. The van der Waals surface area contributed by atoms with Crippen LogP contribution >= 0.6 is 0 Å². The fourth-order valence-corrected chi connectivity index (χ4v) is 3.51. The zero-order valence-corrected chi connectivity index (χ0v) is 12.3.